The topological polar surface area (TPSA) is 55.1 Å². The highest BCUT2D eigenvalue weighted by Gasteiger charge is 2.11. The molecular formula is C15H20N2O. The molecule has 3 heteroatoms. The van der Waals surface area contributed by atoms with Crippen LogP contribution in [0.4, 0.5) is 5.69 Å². The minimum absolute atomic E-state index is 0.0920. The molecule has 1 amide bonds. The third-order valence-electron chi connectivity index (χ3n) is 3.31. The summed E-state index contributed by atoms with van der Waals surface area (Å²) in [5.41, 5.74) is 7.34. The Hall–Kier alpha value is -1.77. The highest BCUT2D eigenvalue weighted by atomic mass is 16.1. The highest BCUT2D eigenvalue weighted by Crippen LogP contribution is 2.16. The second kappa shape index (κ2) is 6.24. The van der Waals surface area contributed by atoms with Gasteiger partial charge in [-0.2, -0.15) is 0 Å². The van der Waals surface area contributed by atoms with Crippen LogP contribution in [0.1, 0.15) is 24.8 Å². The number of benzene rings is 1. The Kier molecular flexibility index (Phi) is 4.40. The number of carbonyl (C=O) groups excluding carboxylic acids is 1. The smallest absolute Gasteiger partial charge is 0.224 e. The van der Waals surface area contributed by atoms with Gasteiger partial charge < -0.3 is 11.1 Å². The van der Waals surface area contributed by atoms with Gasteiger partial charge in [0.25, 0.3) is 0 Å². The van der Waals surface area contributed by atoms with Crippen LogP contribution in [0.3, 0.4) is 0 Å². The maximum atomic E-state index is 11.8. The van der Waals surface area contributed by atoms with Crippen molar-refractivity contribution in [2.45, 2.75) is 25.7 Å². The van der Waals surface area contributed by atoms with E-state index in [1.165, 1.54) is 6.42 Å². The van der Waals surface area contributed by atoms with E-state index < -0.39 is 0 Å². The lowest BCUT2D eigenvalue weighted by Crippen LogP contribution is -2.30. The first kappa shape index (κ1) is 12.7. The zero-order valence-electron chi connectivity index (χ0n) is 10.6. The molecule has 0 saturated carbocycles. The molecule has 0 heterocycles. The molecule has 3 N–H and O–H groups in total. The van der Waals surface area contributed by atoms with Gasteiger partial charge in [0.1, 0.15) is 0 Å². The molecule has 1 aromatic rings. The van der Waals surface area contributed by atoms with E-state index in [1.807, 2.05) is 24.3 Å². The Bertz CT molecular complexity index is 423. The predicted octanol–water partition coefficient (Wildman–Crippen LogP) is 2.28. The van der Waals surface area contributed by atoms with Crippen molar-refractivity contribution in [2.75, 3.05) is 12.3 Å². The standard InChI is InChI=1S/C15H20N2O/c16-14-8-6-12(7-9-14)10-15(18)17-11-13-4-2-1-3-5-13/h1-2,6-9,13H,3-5,10-11,16H2,(H,17,18). The van der Waals surface area contributed by atoms with Crippen LogP contribution in [-0.4, -0.2) is 12.5 Å². The Morgan fingerprint density at radius 3 is 2.72 bits per heavy atom. The summed E-state index contributed by atoms with van der Waals surface area (Å²) in [4.78, 5) is 11.8. The molecule has 0 fully saturated rings. The molecule has 1 aliphatic rings. The van der Waals surface area contributed by atoms with Crippen molar-refractivity contribution in [3.8, 4) is 0 Å². The number of carbonyl (C=O) groups is 1. The van der Waals surface area contributed by atoms with Crippen LogP contribution in [0.5, 0.6) is 0 Å². The molecule has 0 aliphatic heterocycles. The van der Waals surface area contributed by atoms with Crippen LogP contribution in [-0.2, 0) is 11.2 Å². The average Bonchev–Trinajstić information content (AvgIpc) is 2.40. The Morgan fingerprint density at radius 2 is 2.06 bits per heavy atom. The van der Waals surface area contributed by atoms with Crippen molar-refractivity contribution in [1.82, 2.24) is 5.32 Å². The molecule has 0 aromatic heterocycles. The molecular weight excluding hydrogens is 224 g/mol. The van der Waals surface area contributed by atoms with Gasteiger partial charge in [-0.1, -0.05) is 24.3 Å². The van der Waals surface area contributed by atoms with Gasteiger partial charge in [-0.25, -0.2) is 0 Å². The molecule has 2 rings (SSSR count). The first-order valence-corrected chi connectivity index (χ1v) is 6.50. The summed E-state index contributed by atoms with van der Waals surface area (Å²) in [5, 5.41) is 3.01. The molecule has 0 saturated heterocycles. The second-order valence-corrected chi connectivity index (χ2v) is 4.87. The van der Waals surface area contributed by atoms with Crippen molar-refractivity contribution >= 4 is 11.6 Å². The maximum Gasteiger partial charge on any atom is 0.224 e. The molecule has 18 heavy (non-hydrogen) atoms. The number of hydrogen-bond acceptors (Lipinski definition) is 2. The number of nitrogens with two attached hydrogens (primary N) is 1. The Balaban J connectivity index is 1.74. The van der Waals surface area contributed by atoms with Crippen molar-refractivity contribution < 1.29 is 4.79 Å². The van der Waals surface area contributed by atoms with E-state index in [0.29, 0.717) is 12.3 Å². The Morgan fingerprint density at radius 1 is 1.28 bits per heavy atom. The lowest BCUT2D eigenvalue weighted by Gasteiger charge is -2.18. The number of allylic oxidation sites excluding steroid dienone is 2. The molecule has 0 spiro atoms. The normalized spacial score (nSPS) is 18.6. The molecule has 1 unspecified atom stereocenters. The van der Waals surface area contributed by atoms with E-state index in [0.717, 1.165) is 30.6 Å². The summed E-state index contributed by atoms with van der Waals surface area (Å²) in [6, 6.07) is 7.46. The fourth-order valence-corrected chi connectivity index (χ4v) is 2.18. The van der Waals surface area contributed by atoms with E-state index in [9.17, 15) is 4.79 Å². The zero-order chi connectivity index (χ0) is 12.8. The number of amides is 1. The third-order valence-corrected chi connectivity index (χ3v) is 3.31. The monoisotopic (exact) mass is 244 g/mol. The molecule has 1 atom stereocenters. The first-order valence-electron chi connectivity index (χ1n) is 6.50. The lowest BCUT2D eigenvalue weighted by atomic mass is 9.94. The zero-order valence-corrected chi connectivity index (χ0v) is 10.6. The minimum Gasteiger partial charge on any atom is -0.399 e. The number of anilines is 1. The van der Waals surface area contributed by atoms with Gasteiger partial charge >= 0.3 is 0 Å². The van der Waals surface area contributed by atoms with Crippen LogP contribution in [0, 0.1) is 5.92 Å². The van der Waals surface area contributed by atoms with E-state index in [1.54, 1.807) is 0 Å². The average molecular weight is 244 g/mol. The molecule has 1 aromatic carbocycles. The van der Waals surface area contributed by atoms with Gasteiger partial charge in [0.15, 0.2) is 0 Å². The minimum atomic E-state index is 0.0920. The second-order valence-electron chi connectivity index (χ2n) is 4.87. The van der Waals surface area contributed by atoms with Crippen LogP contribution < -0.4 is 11.1 Å². The van der Waals surface area contributed by atoms with Gasteiger partial charge in [-0.15, -0.1) is 0 Å². The van der Waals surface area contributed by atoms with Gasteiger partial charge in [0, 0.05) is 12.2 Å². The number of nitrogen functional groups attached to an aromatic ring is 1. The van der Waals surface area contributed by atoms with Gasteiger partial charge in [0.2, 0.25) is 5.91 Å². The van der Waals surface area contributed by atoms with Gasteiger partial charge in [-0.05, 0) is 42.9 Å². The van der Waals surface area contributed by atoms with E-state index in [2.05, 4.69) is 17.5 Å². The van der Waals surface area contributed by atoms with Crippen LogP contribution in [0.15, 0.2) is 36.4 Å². The summed E-state index contributed by atoms with van der Waals surface area (Å²) in [7, 11) is 0. The van der Waals surface area contributed by atoms with E-state index in [4.69, 9.17) is 5.73 Å². The van der Waals surface area contributed by atoms with Crippen molar-refractivity contribution in [1.29, 1.82) is 0 Å². The summed E-state index contributed by atoms with van der Waals surface area (Å²) in [6.45, 7) is 0.790. The molecule has 0 radical (unpaired) electrons. The SMILES string of the molecule is Nc1ccc(CC(=O)NCC2CC=CCC2)cc1. The van der Waals surface area contributed by atoms with Crippen LogP contribution in [0.2, 0.25) is 0 Å². The van der Waals surface area contributed by atoms with Gasteiger partial charge in [0.05, 0.1) is 6.42 Å². The number of rotatable bonds is 4. The predicted molar refractivity (Wildman–Crippen MR) is 74.0 cm³/mol. The first-order chi connectivity index (χ1) is 8.74. The molecule has 1 aliphatic carbocycles. The fourth-order valence-electron chi connectivity index (χ4n) is 2.18. The third kappa shape index (κ3) is 3.91. The molecule has 96 valence electrons. The highest BCUT2D eigenvalue weighted by molar-refractivity contribution is 5.78. The van der Waals surface area contributed by atoms with E-state index >= 15 is 0 Å². The van der Waals surface area contributed by atoms with Crippen molar-refractivity contribution in [3.05, 3.63) is 42.0 Å². The lowest BCUT2D eigenvalue weighted by molar-refractivity contribution is -0.120. The summed E-state index contributed by atoms with van der Waals surface area (Å²) in [5.74, 6) is 0.694. The quantitative estimate of drug-likeness (QED) is 0.630. The molecule has 3 nitrogen and oxygen atoms in total. The summed E-state index contributed by atoms with van der Waals surface area (Å²) in [6.07, 6.45) is 8.26. The molecule has 0 bridgehead atoms. The maximum absolute atomic E-state index is 11.8. The van der Waals surface area contributed by atoms with E-state index in [-0.39, 0.29) is 5.91 Å². The van der Waals surface area contributed by atoms with Crippen molar-refractivity contribution in [3.63, 3.8) is 0 Å². The summed E-state index contributed by atoms with van der Waals surface area (Å²) >= 11 is 0. The van der Waals surface area contributed by atoms with Crippen LogP contribution in [0.25, 0.3) is 0 Å². The van der Waals surface area contributed by atoms with Crippen molar-refractivity contribution in [2.24, 2.45) is 5.92 Å². The number of nitrogens with one attached hydrogen (secondary N) is 1. The number of hydrogen-bond donors (Lipinski definition) is 2. The summed E-state index contributed by atoms with van der Waals surface area (Å²) < 4.78 is 0. The van der Waals surface area contributed by atoms with Crippen LogP contribution >= 0.6 is 0 Å². The van der Waals surface area contributed by atoms with Gasteiger partial charge in [-0.3, -0.25) is 4.79 Å². The fraction of sp³-hybridized carbons (Fsp3) is 0.400. The Labute approximate surface area is 108 Å². The largest absolute Gasteiger partial charge is 0.399 e.